The molecule has 1 saturated heterocycles. The number of hydrogen-bond donors (Lipinski definition) is 0. The molecule has 0 unspecified atom stereocenters. The summed E-state index contributed by atoms with van der Waals surface area (Å²) in [5, 5.41) is 0. The van der Waals surface area contributed by atoms with Gasteiger partial charge < -0.3 is 9.64 Å². The molecule has 1 aliphatic heterocycles. The number of benzene rings is 1. The number of nitrogens with zero attached hydrogens (tertiary/aromatic N) is 1. The summed E-state index contributed by atoms with van der Waals surface area (Å²) >= 11 is 0. The van der Waals surface area contributed by atoms with Gasteiger partial charge in [0.05, 0.1) is 0 Å². The minimum atomic E-state index is -0.425. The molecular weight excluding hydrogens is 274 g/mol. The Labute approximate surface area is 133 Å². The van der Waals surface area contributed by atoms with E-state index in [1.165, 1.54) is 11.1 Å². The maximum atomic E-state index is 12.0. The molecule has 1 heterocycles. The Hall–Kier alpha value is -2.03. The van der Waals surface area contributed by atoms with Crippen molar-refractivity contribution in [3.8, 4) is 0 Å². The van der Waals surface area contributed by atoms with Crippen molar-refractivity contribution in [2.45, 2.75) is 39.2 Å². The lowest BCUT2D eigenvalue weighted by Crippen LogP contribution is -2.40. The van der Waals surface area contributed by atoms with Crippen LogP contribution in [0.25, 0.3) is 6.08 Å². The summed E-state index contributed by atoms with van der Waals surface area (Å²) in [6, 6.07) is 10.3. The summed E-state index contributed by atoms with van der Waals surface area (Å²) in [6.45, 7) is 7.16. The predicted molar refractivity (Wildman–Crippen MR) is 90.6 cm³/mol. The molecular formula is C19H25NO2. The van der Waals surface area contributed by atoms with E-state index in [0.717, 1.165) is 25.9 Å². The fourth-order valence-electron chi connectivity index (χ4n) is 2.33. The largest absolute Gasteiger partial charge is 0.444 e. The third-order valence-corrected chi connectivity index (χ3v) is 3.48. The van der Waals surface area contributed by atoms with Gasteiger partial charge in [0.25, 0.3) is 0 Å². The zero-order valence-electron chi connectivity index (χ0n) is 13.7. The molecule has 0 bridgehead atoms. The van der Waals surface area contributed by atoms with E-state index < -0.39 is 5.60 Å². The molecule has 0 atom stereocenters. The second-order valence-electron chi connectivity index (χ2n) is 6.56. The monoisotopic (exact) mass is 299 g/mol. The lowest BCUT2D eigenvalue weighted by Gasteiger charge is -2.30. The average molecular weight is 299 g/mol. The van der Waals surface area contributed by atoms with Crippen molar-refractivity contribution in [1.29, 1.82) is 0 Å². The number of piperidine rings is 1. The fourth-order valence-corrected chi connectivity index (χ4v) is 2.33. The van der Waals surface area contributed by atoms with Crippen molar-refractivity contribution in [1.82, 2.24) is 4.90 Å². The van der Waals surface area contributed by atoms with Gasteiger partial charge in [-0.25, -0.2) is 4.79 Å². The van der Waals surface area contributed by atoms with Crippen LogP contribution in [-0.2, 0) is 4.74 Å². The van der Waals surface area contributed by atoms with Crippen LogP contribution in [-0.4, -0.2) is 29.7 Å². The van der Waals surface area contributed by atoms with Crippen molar-refractivity contribution in [3.05, 3.63) is 53.6 Å². The molecule has 1 amide bonds. The van der Waals surface area contributed by atoms with Crippen molar-refractivity contribution >= 4 is 12.2 Å². The van der Waals surface area contributed by atoms with Gasteiger partial charge in [-0.2, -0.15) is 0 Å². The van der Waals surface area contributed by atoms with Gasteiger partial charge >= 0.3 is 6.09 Å². The molecule has 2 rings (SSSR count). The second-order valence-corrected chi connectivity index (χ2v) is 6.56. The third kappa shape index (κ3) is 5.40. The van der Waals surface area contributed by atoms with Crippen LogP contribution >= 0.6 is 0 Å². The van der Waals surface area contributed by atoms with E-state index in [4.69, 9.17) is 4.74 Å². The number of hydrogen-bond acceptors (Lipinski definition) is 2. The number of rotatable bonds is 2. The highest BCUT2D eigenvalue weighted by atomic mass is 16.6. The number of carbonyl (C=O) groups excluding carboxylic acids is 1. The molecule has 0 aliphatic carbocycles. The fraction of sp³-hybridized carbons (Fsp3) is 0.421. The summed E-state index contributed by atoms with van der Waals surface area (Å²) in [6.07, 6.45) is 7.99. The van der Waals surface area contributed by atoms with Crippen molar-refractivity contribution in [3.63, 3.8) is 0 Å². The predicted octanol–water partition coefficient (Wildman–Crippen LogP) is 4.66. The zero-order valence-corrected chi connectivity index (χ0v) is 13.7. The van der Waals surface area contributed by atoms with Crippen LogP contribution in [0.2, 0.25) is 0 Å². The standard InChI is InChI=1S/C19H25NO2/c1-19(2,3)22-18(21)20-14-12-17(13-15-20)11-7-10-16-8-5-4-6-9-16/h4-11H,12-15H2,1-3H3. The molecule has 1 aromatic carbocycles. The van der Waals surface area contributed by atoms with Crippen LogP contribution in [0, 0.1) is 0 Å². The highest BCUT2D eigenvalue weighted by Crippen LogP contribution is 2.19. The Kier molecular flexibility index (Phi) is 5.42. The van der Waals surface area contributed by atoms with E-state index in [9.17, 15) is 4.79 Å². The first-order valence-corrected chi connectivity index (χ1v) is 7.83. The Morgan fingerprint density at radius 3 is 2.36 bits per heavy atom. The van der Waals surface area contributed by atoms with E-state index >= 15 is 0 Å². The van der Waals surface area contributed by atoms with Crippen LogP contribution in [0.1, 0.15) is 39.2 Å². The number of likely N-dealkylation sites (tertiary alicyclic amines) is 1. The van der Waals surface area contributed by atoms with E-state index in [-0.39, 0.29) is 6.09 Å². The summed E-state index contributed by atoms with van der Waals surface area (Å²) in [7, 11) is 0. The van der Waals surface area contributed by atoms with Gasteiger partial charge in [-0.05, 0) is 39.2 Å². The summed E-state index contributed by atoms with van der Waals surface area (Å²) in [5.74, 6) is 0. The maximum Gasteiger partial charge on any atom is 0.410 e. The SMILES string of the molecule is CC(C)(C)OC(=O)N1CCC(=CC=Cc2ccccc2)CC1. The van der Waals surface area contributed by atoms with Crippen molar-refractivity contribution in [2.24, 2.45) is 0 Å². The Morgan fingerprint density at radius 2 is 1.77 bits per heavy atom. The van der Waals surface area contributed by atoms with Gasteiger partial charge in [-0.1, -0.05) is 54.1 Å². The molecule has 3 nitrogen and oxygen atoms in total. The van der Waals surface area contributed by atoms with Crippen LogP contribution in [0.15, 0.2) is 48.1 Å². The van der Waals surface area contributed by atoms with Crippen molar-refractivity contribution in [2.75, 3.05) is 13.1 Å². The van der Waals surface area contributed by atoms with Gasteiger partial charge in [0.1, 0.15) is 5.60 Å². The lowest BCUT2D eigenvalue weighted by atomic mass is 10.0. The second kappa shape index (κ2) is 7.30. The minimum absolute atomic E-state index is 0.202. The number of allylic oxidation sites excluding steroid dienone is 2. The van der Waals surface area contributed by atoms with Crippen molar-refractivity contribution < 1.29 is 9.53 Å². The maximum absolute atomic E-state index is 12.0. The normalized spacial score (nSPS) is 16.0. The third-order valence-electron chi connectivity index (χ3n) is 3.48. The van der Waals surface area contributed by atoms with Gasteiger partial charge in [0, 0.05) is 13.1 Å². The average Bonchev–Trinajstić information content (AvgIpc) is 2.47. The number of carbonyl (C=O) groups is 1. The van der Waals surface area contributed by atoms with Gasteiger partial charge in [-0.3, -0.25) is 0 Å². The van der Waals surface area contributed by atoms with E-state index in [0.29, 0.717) is 0 Å². The highest BCUT2D eigenvalue weighted by Gasteiger charge is 2.24. The summed E-state index contributed by atoms with van der Waals surface area (Å²) in [4.78, 5) is 13.8. The van der Waals surface area contributed by atoms with Gasteiger partial charge in [-0.15, -0.1) is 0 Å². The molecule has 3 heteroatoms. The first kappa shape index (κ1) is 16.3. The Morgan fingerprint density at radius 1 is 1.14 bits per heavy atom. The van der Waals surface area contributed by atoms with Crippen LogP contribution in [0.5, 0.6) is 0 Å². The molecule has 1 aliphatic rings. The molecule has 0 saturated carbocycles. The van der Waals surface area contributed by atoms with Crippen LogP contribution in [0.3, 0.4) is 0 Å². The topological polar surface area (TPSA) is 29.5 Å². The summed E-state index contributed by atoms with van der Waals surface area (Å²) < 4.78 is 5.40. The van der Waals surface area contributed by atoms with Gasteiger partial charge in [0.2, 0.25) is 0 Å². The first-order chi connectivity index (χ1) is 10.4. The molecule has 0 aromatic heterocycles. The molecule has 1 fully saturated rings. The van der Waals surface area contributed by atoms with E-state index in [2.05, 4.69) is 30.4 Å². The number of ether oxygens (including phenoxy) is 1. The molecule has 1 aromatic rings. The quantitative estimate of drug-likeness (QED) is 0.795. The minimum Gasteiger partial charge on any atom is -0.444 e. The molecule has 118 valence electrons. The van der Waals surface area contributed by atoms with E-state index in [1.54, 1.807) is 4.90 Å². The Bertz CT molecular complexity index is 543. The van der Waals surface area contributed by atoms with Crippen LogP contribution in [0.4, 0.5) is 4.79 Å². The molecule has 0 spiro atoms. The molecule has 22 heavy (non-hydrogen) atoms. The Balaban J connectivity index is 1.83. The lowest BCUT2D eigenvalue weighted by molar-refractivity contribution is 0.0236. The molecule has 0 radical (unpaired) electrons. The molecule has 0 N–H and O–H groups in total. The highest BCUT2D eigenvalue weighted by molar-refractivity contribution is 5.68. The number of amides is 1. The van der Waals surface area contributed by atoms with Crippen LogP contribution < -0.4 is 0 Å². The summed E-state index contributed by atoms with van der Waals surface area (Å²) in [5.41, 5.74) is 2.16. The van der Waals surface area contributed by atoms with E-state index in [1.807, 2.05) is 39.0 Å². The van der Waals surface area contributed by atoms with Gasteiger partial charge in [0.15, 0.2) is 0 Å². The smallest absolute Gasteiger partial charge is 0.410 e. The zero-order chi connectivity index (χ0) is 16.0. The first-order valence-electron chi connectivity index (χ1n) is 7.83.